The Hall–Kier alpha value is -2.27. The molecule has 0 unspecified atom stereocenters. The van der Waals surface area contributed by atoms with Crippen LogP contribution in [-0.2, 0) is 0 Å². The molecule has 1 amide bonds. The van der Waals surface area contributed by atoms with Crippen molar-refractivity contribution in [3.05, 3.63) is 65.0 Å². The summed E-state index contributed by atoms with van der Waals surface area (Å²) in [6.07, 6.45) is 0. The number of nitrogens with two attached hydrogens (primary N) is 1. The summed E-state index contributed by atoms with van der Waals surface area (Å²) in [6, 6.07) is 11.2. The van der Waals surface area contributed by atoms with Gasteiger partial charge in [0.2, 0.25) is 0 Å². The Labute approximate surface area is 121 Å². The first kappa shape index (κ1) is 14.1. The molecule has 3 nitrogen and oxygen atoms in total. The van der Waals surface area contributed by atoms with Gasteiger partial charge in [-0.3, -0.25) is 4.79 Å². The summed E-state index contributed by atoms with van der Waals surface area (Å²) in [5.74, 6) is -0.667. The number of thiocarbonyl (C=S) groups is 1. The second-order valence-corrected chi connectivity index (χ2v) is 4.75. The fourth-order valence-electron chi connectivity index (χ4n) is 1.72. The Kier molecular flexibility index (Phi) is 4.10. The summed E-state index contributed by atoms with van der Waals surface area (Å²) in [5.41, 5.74) is 7.49. The molecule has 0 aliphatic heterocycles. The van der Waals surface area contributed by atoms with Gasteiger partial charge in [0.1, 0.15) is 10.8 Å². The van der Waals surface area contributed by atoms with Crippen molar-refractivity contribution in [2.45, 2.75) is 6.92 Å². The lowest BCUT2D eigenvalue weighted by atomic mass is 10.1. The molecule has 0 spiro atoms. The lowest BCUT2D eigenvalue weighted by Gasteiger charge is -2.09. The van der Waals surface area contributed by atoms with Crippen molar-refractivity contribution in [1.29, 1.82) is 0 Å². The standard InChI is InChI=1S/C15H13FN2OS/c1-9-12(16)3-2-4-13(9)18-15(19)11-7-5-10(6-8-11)14(17)20/h2-8H,1H3,(H2,17,20)(H,18,19). The Morgan fingerprint density at radius 3 is 2.35 bits per heavy atom. The van der Waals surface area contributed by atoms with Gasteiger partial charge in [0, 0.05) is 22.4 Å². The minimum Gasteiger partial charge on any atom is -0.389 e. The maximum Gasteiger partial charge on any atom is 0.255 e. The van der Waals surface area contributed by atoms with Crippen LogP contribution in [0.5, 0.6) is 0 Å². The Morgan fingerprint density at radius 1 is 1.15 bits per heavy atom. The van der Waals surface area contributed by atoms with E-state index in [4.69, 9.17) is 18.0 Å². The summed E-state index contributed by atoms with van der Waals surface area (Å²) in [6.45, 7) is 1.61. The third kappa shape index (κ3) is 3.00. The van der Waals surface area contributed by atoms with Crippen LogP contribution in [0.25, 0.3) is 0 Å². The van der Waals surface area contributed by atoms with E-state index in [1.807, 2.05) is 0 Å². The van der Waals surface area contributed by atoms with Gasteiger partial charge in [0.25, 0.3) is 5.91 Å². The lowest BCUT2D eigenvalue weighted by molar-refractivity contribution is 0.102. The van der Waals surface area contributed by atoms with Crippen LogP contribution in [0.2, 0.25) is 0 Å². The number of hydrogen-bond donors (Lipinski definition) is 2. The average Bonchev–Trinajstić information content (AvgIpc) is 2.44. The van der Waals surface area contributed by atoms with E-state index in [1.165, 1.54) is 6.07 Å². The number of halogens is 1. The van der Waals surface area contributed by atoms with E-state index in [1.54, 1.807) is 43.3 Å². The van der Waals surface area contributed by atoms with E-state index in [0.29, 0.717) is 22.4 Å². The summed E-state index contributed by atoms with van der Waals surface area (Å²) in [7, 11) is 0. The van der Waals surface area contributed by atoms with Crippen LogP contribution in [0.4, 0.5) is 10.1 Å². The van der Waals surface area contributed by atoms with E-state index < -0.39 is 0 Å². The molecule has 0 aliphatic rings. The monoisotopic (exact) mass is 288 g/mol. The minimum absolute atomic E-state index is 0.276. The zero-order valence-corrected chi connectivity index (χ0v) is 11.6. The summed E-state index contributed by atoms with van der Waals surface area (Å²) in [4.78, 5) is 12.3. The summed E-state index contributed by atoms with van der Waals surface area (Å²) < 4.78 is 13.4. The van der Waals surface area contributed by atoms with Gasteiger partial charge in [-0.1, -0.05) is 30.4 Å². The molecular formula is C15H13FN2OS. The van der Waals surface area contributed by atoms with Gasteiger partial charge >= 0.3 is 0 Å². The van der Waals surface area contributed by atoms with E-state index in [0.717, 1.165) is 0 Å². The second-order valence-electron chi connectivity index (χ2n) is 4.31. The molecular weight excluding hydrogens is 275 g/mol. The largest absolute Gasteiger partial charge is 0.389 e. The van der Waals surface area contributed by atoms with Crippen LogP contribution in [0.15, 0.2) is 42.5 Å². The fraction of sp³-hybridized carbons (Fsp3) is 0.0667. The molecule has 5 heteroatoms. The Balaban J connectivity index is 2.20. The molecule has 2 aromatic carbocycles. The predicted octanol–water partition coefficient (Wildman–Crippen LogP) is 3.02. The maximum atomic E-state index is 13.4. The average molecular weight is 288 g/mol. The van der Waals surface area contributed by atoms with E-state index in [2.05, 4.69) is 5.32 Å². The molecule has 0 saturated heterocycles. The first-order valence-corrected chi connectivity index (χ1v) is 6.36. The van der Waals surface area contributed by atoms with Crippen molar-refractivity contribution < 1.29 is 9.18 Å². The second kappa shape index (κ2) is 5.79. The molecule has 0 aromatic heterocycles. The van der Waals surface area contributed by atoms with Crippen LogP contribution >= 0.6 is 12.2 Å². The molecule has 0 atom stereocenters. The maximum absolute atomic E-state index is 13.4. The molecule has 2 rings (SSSR count). The van der Waals surface area contributed by atoms with Gasteiger partial charge in [0.05, 0.1) is 0 Å². The van der Waals surface area contributed by atoms with Gasteiger partial charge in [-0.05, 0) is 31.2 Å². The van der Waals surface area contributed by atoms with Crippen molar-refractivity contribution >= 4 is 28.8 Å². The number of carbonyl (C=O) groups is 1. The van der Waals surface area contributed by atoms with E-state index in [-0.39, 0.29) is 16.7 Å². The van der Waals surface area contributed by atoms with E-state index >= 15 is 0 Å². The van der Waals surface area contributed by atoms with Crippen LogP contribution in [0.3, 0.4) is 0 Å². The molecule has 2 aromatic rings. The van der Waals surface area contributed by atoms with Gasteiger partial charge in [-0.2, -0.15) is 0 Å². The molecule has 0 aliphatic carbocycles. The molecule has 102 valence electrons. The van der Waals surface area contributed by atoms with Crippen molar-refractivity contribution in [1.82, 2.24) is 0 Å². The topological polar surface area (TPSA) is 55.1 Å². The minimum atomic E-state index is -0.355. The molecule has 0 radical (unpaired) electrons. The first-order chi connectivity index (χ1) is 9.49. The molecule has 3 N–H and O–H groups in total. The zero-order chi connectivity index (χ0) is 14.7. The van der Waals surface area contributed by atoms with Crippen molar-refractivity contribution in [3.63, 3.8) is 0 Å². The number of rotatable bonds is 3. The summed E-state index contributed by atoms with van der Waals surface area (Å²) >= 11 is 4.84. The van der Waals surface area contributed by atoms with Crippen LogP contribution in [0.1, 0.15) is 21.5 Å². The highest BCUT2D eigenvalue weighted by atomic mass is 32.1. The normalized spacial score (nSPS) is 10.1. The van der Waals surface area contributed by atoms with Crippen molar-refractivity contribution in [2.75, 3.05) is 5.32 Å². The molecule has 0 saturated carbocycles. The van der Waals surface area contributed by atoms with Crippen molar-refractivity contribution in [2.24, 2.45) is 5.73 Å². The van der Waals surface area contributed by atoms with Gasteiger partial charge in [-0.25, -0.2) is 4.39 Å². The van der Waals surface area contributed by atoms with Crippen molar-refractivity contribution in [3.8, 4) is 0 Å². The smallest absolute Gasteiger partial charge is 0.255 e. The number of anilines is 1. The van der Waals surface area contributed by atoms with E-state index in [9.17, 15) is 9.18 Å². The van der Waals surface area contributed by atoms with Crippen LogP contribution in [0, 0.1) is 12.7 Å². The highest BCUT2D eigenvalue weighted by molar-refractivity contribution is 7.80. The quantitative estimate of drug-likeness (QED) is 0.854. The Bertz CT molecular complexity index is 668. The first-order valence-electron chi connectivity index (χ1n) is 5.95. The van der Waals surface area contributed by atoms with Gasteiger partial charge in [-0.15, -0.1) is 0 Å². The number of hydrogen-bond acceptors (Lipinski definition) is 2. The van der Waals surface area contributed by atoms with Gasteiger partial charge < -0.3 is 11.1 Å². The Morgan fingerprint density at radius 2 is 1.75 bits per heavy atom. The highest BCUT2D eigenvalue weighted by Crippen LogP contribution is 2.18. The van der Waals surface area contributed by atoms with Crippen LogP contribution < -0.4 is 11.1 Å². The SMILES string of the molecule is Cc1c(F)cccc1NC(=O)c1ccc(C(N)=S)cc1. The summed E-state index contributed by atoms with van der Waals surface area (Å²) in [5, 5.41) is 2.67. The number of benzene rings is 2. The fourth-order valence-corrected chi connectivity index (χ4v) is 1.86. The molecule has 0 heterocycles. The predicted molar refractivity (Wildman–Crippen MR) is 81.4 cm³/mol. The third-order valence-electron chi connectivity index (χ3n) is 2.95. The molecule has 0 bridgehead atoms. The third-order valence-corrected chi connectivity index (χ3v) is 3.18. The number of amides is 1. The molecule has 20 heavy (non-hydrogen) atoms. The number of carbonyl (C=O) groups excluding carboxylic acids is 1. The lowest BCUT2D eigenvalue weighted by Crippen LogP contribution is -2.14. The van der Waals surface area contributed by atoms with Crippen LogP contribution in [-0.4, -0.2) is 10.9 Å². The van der Waals surface area contributed by atoms with Gasteiger partial charge in [0.15, 0.2) is 0 Å². The molecule has 0 fully saturated rings. The highest BCUT2D eigenvalue weighted by Gasteiger charge is 2.09. The number of nitrogens with one attached hydrogen (secondary N) is 1. The zero-order valence-electron chi connectivity index (χ0n) is 10.8.